The zero-order valence-electron chi connectivity index (χ0n) is 15.2. The van der Waals surface area contributed by atoms with Crippen LogP contribution in [0, 0.1) is 5.92 Å². The molecule has 6 rings (SSSR count). The van der Waals surface area contributed by atoms with Gasteiger partial charge in [-0.15, -0.1) is 0 Å². The number of nitrogens with zero attached hydrogens (tertiary/aromatic N) is 1. The fourth-order valence-electron chi connectivity index (χ4n) is 6.42. The summed E-state index contributed by atoms with van der Waals surface area (Å²) in [5.74, 6) is 1.42. The third-order valence-electron chi connectivity index (χ3n) is 7.45. The number of ether oxygens (including phenoxy) is 1. The highest BCUT2D eigenvalue weighted by Gasteiger charge is 2.65. The number of hydrogen-bond donors (Lipinski definition) is 1. The number of phenols is 1. The number of Topliss-reactive ketones (excluding diaryl/α,β-unsaturated/α-hetero) is 1. The number of hydrogen-bond acceptors (Lipinski definition) is 4. The summed E-state index contributed by atoms with van der Waals surface area (Å²) in [5, 5.41) is 10.4. The molecule has 2 heterocycles. The summed E-state index contributed by atoms with van der Waals surface area (Å²) < 4.78 is 6.16. The van der Waals surface area contributed by atoms with Crippen molar-refractivity contribution >= 4 is 5.78 Å². The fourth-order valence-corrected chi connectivity index (χ4v) is 6.42. The maximum absolute atomic E-state index is 12.8. The Morgan fingerprint density at radius 2 is 2.04 bits per heavy atom. The van der Waals surface area contributed by atoms with Gasteiger partial charge in [-0.1, -0.05) is 36.4 Å². The van der Waals surface area contributed by atoms with Gasteiger partial charge in [0.15, 0.2) is 23.4 Å². The molecular formula is C23H23NO3. The maximum atomic E-state index is 12.8. The summed E-state index contributed by atoms with van der Waals surface area (Å²) in [6.45, 7) is 1.93. The summed E-state index contributed by atoms with van der Waals surface area (Å²) in [6.07, 6.45) is 3.03. The summed E-state index contributed by atoms with van der Waals surface area (Å²) in [4.78, 5) is 15.4. The minimum atomic E-state index is -0.403. The molecule has 1 saturated heterocycles. The average Bonchev–Trinajstić information content (AvgIpc) is 3.04. The molecule has 138 valence electrons. The molecule has 0 radical (unpaired) electrons. The molecule has 2 aromatic carbocycles. The van der Waals surface area contributed by atoms with Crippen LogP contribution in [0.4, 0.5) is 0 Å². The molecule has 2 aliphatic heterocycles. The number of piperidine rings is 1. The van der Waals surface area contributed by atoms with Crippen LogP contribution in [0.15, 0.2) is 42.5 Å². The molecular weight excluding hydrogens is 338 g/mol. The van der Waals surface area contributed by atoms with Crippen molar-refractivity contribution < 1.29 is 14.6 Å². The second-order valence-electron chi connectivity index (χ2n) is 8.58. The van der Waals surface area contributed by atoms with Crippen molar-refractivity contribution in [3.63, 3.8) is 0 Å². The number of aromatic hydroxyl groups is 1. The van der Waals surface area contributed by atoms with Crippen LogP contribution in [0.3, 0.4) is 0 Å². The average molecular weight is 361 g/mol. The number of likely N-dealkylation sites (tertiary alicyclic amines) is 1. The van der Waals surface area contributed by atoms with Crippen molar-refractivity contribution in [1.82, 2.24) is 4.90 Å². The number of carbonyl (C=O) groups excluding carboxylic acids is 1. The Hall–Kier alpha value is -2.33. The summed E-state index contributed by atoms with van der Waals surface area (Å²) >= 11 is 0. The van der Waals surface area contributed by atoms with Gasteiger partial charge in [0.25, 0.3) is 0 Å². The molecule has 2 aromatic rings. The van der Waals surface area contributed by atoms with Crippen molar-refractivity contribution in [2.45, 2.75) is 49.8 Å². The Kier molecular flexibility index (Phi) is 3.11. The van der Waals surface area contributed by atoms with Crippen LogP contribution in [-0.2, 0) is 23.2 Å². The minimum absolute atomic E-state index is 0.189. The van der Waals surface area contributed by atoms with Crippen LogP contribution in [0.25, 0.3) is 0 Å². The van der Waals surface area contributed by atoms with E-state index in [0.717, 1.165) is 37.9 Å². The summed E-state index contributed by atoms with van der Waals surface area (Å²) in [7, 11) is 0. The van der Waals surface area contributed by atoms with Gasteiger partial charge in [-0.3, -0.25) is 9.69 Å². The lowest BCUT2D eigenvalue weighted by atomic mass is 9.51. The van der Waals surface area contributed by atoms with Crippen LogP contribution in [0.1, 0.15) is 36.0 Å². The van der Waals surface area contributed by atoms with Crippen LogP contribution < -0.4 is 4.74 Å². The van der Waals surface area contributed by atoms with Gasteiger partial charge in [-0.2, -0.15) is 0 Å². The molecule has 4 nitrogen and oxygen atoms in total. The minimum Gasteiger partial charge on any atom is -0.504 e. The first-order valence-corrected chi connectivity index (χ1v) is 10.0. The van der Waals surface area contributed by atoms with E-state index in [4.69, 9.17) is 4.74 Å². The van der Waals surface area contributed by atoms with Crippen LogP contribution in [0.2, 0.25) is 0 Å². The Morgan fingerprint density at radius 3 is 2.89 bits per heavy atom. The van der Waals surface area contributed by atoms with Crippen molar-refractivity contribution in [2.75, 3.05) is 6.54 Å². The highest BCUT2D eigenvalue weighted by atomic mass is 16.5. The highest BCUT2D eigenvalue weighted by Crippen LogP contribution is 2.63. The lowest BCUT2D eigenvalue weighted by Gasteiger charge is -2.57. The van der Waals surface area contributed by atoms with E-state index in [9.17, 15) is 9.90 Å². The van der Waals surface area contributed by atoms with Gasteiger partial charge in [-0.25, -0.2) is 0 Å². The van der Waals surface area contributed by atoms with Crippen molar-refractivity contribution in [3.05, 3.63) is 59.2 Å². The van der Waals surface area contributed by atoms with E-state index in [1.807, 2.05) is 0 Å². The SMILES string of the molecule is O=C1CCC2C3Cc4ccc(O)c5c4[C@]2(CCN3Cc2ccccc2)[C@@H]1O5. The van der Waals surface area contributed by atoms with E-state index >= 15 is 0 Å². The third-order valence-corrected chi connectivity index (χ3v) is 7.45. The molecule has 4 heteroatoms. The van der Waals surface area contributed by atoms with Crippen molar-refractivity contribution in [2.24, 2.45) is 5.92 Å². The number of phenolic OH excluding ortho intramolecular Hbond substituents is 1. The molecule has 1 N–H and O–H groups in total. The van der Waals surface area contributed by atoms with E-state index in [-0.39, 0.29) is 16.9 Å². The van der Waals surface area contributed by atoms with Crippen molar-refractivity contribution in [3.8, 4) is 11.5 Å². The van der Waals surface area contributed by atoms with Crippen LogP contribution >= 0.6 is 0 Å². The molecule has 2 unspecified atom stereocenters. The predicted molar refractivity (Wildman–Crippen MR) is 101 cm³/mol. The standard InChI is InChI=1S/C23H23NO3/c25-18-8-6-15-12-17-16-7-9-19(26)22-23(16,20(15)21(18)27-22)10-11-24(17)13-14-4-2-1-3-5-14/h1-6,8,16-17,22,25H,7,9-13H2/t16?,17?,22-,23-/m1/s1. The molecule has 2 bridgehead atoms. The Balaban J connectivity index is 1.47. The normalized spacial score (nSPS) is 33.5. The third kappa shape index (κ3) is 1.94. The lowest BCUT2D eigenvalue weighted by Crippen LogP contribution is -2.65. The monoisotopic (exact) mass is 361 g/mol. The second kappa shape index (κ2) is 5.35. The number of carbonyl (C=O) groups is 1. The van der Waals surface area contributed by atoms with E-state index in [2.05, 4.69) is 41.3 Å². The summed E-state index contributed by atoms with van der Waals surface area (Å²) in [6, 6.07) is 14.9. The molecule has 0 aromatic heterocycles. The van der Waals surface area contributed by atoms with Gasteiger partial charge in [0.1, 0.15) is 0 Å². The first-order valence-electron chi connectivity index (χ1n) is 10.0. The Morgan fingerprint density at radius 1 is 1.19 bits per heavy atom. The zero-order chi connectivity index (χ0) is 18.2. The first-order chi connectivity index (χ1) is 13.2. The smallest absolute Gasteiger partial charge is 0.174 e. The topological polar surface area (TPSA) is 49.8 Å². The Labute approximate surface area is 158 Å². The quantitative estimate of drug-likeness (QED) is 0.892. The number of benzene rings is 2. The molecule has 4 aliphatic rings. The van der Waals surface area contributed by atoms with Crippen LogP contribution in [-0.4, -0.2) is 34.5 Å². The molecule has 2 aliphatic carbocycles. The molecule has 2 fully saturated rings. The van der Waals surface area contributed by atoms with E-state index in [0.29, 0.717) is 24.1 Å². The molecule has 4 atom stereocenters. The van der Waals surface area contributed by atoms with Gasteiger partial charge in [0, 0.05) is 30.0 Å². The molecule has 27 heavy (non-hydrogen) atoms. The Bertz CT molecular complexity index is 940. The van der Waals surface area contributed by atoms with Gasteiger partial charge in [0.2, 0.25) is 0 Å². The molecule has 1 spiro atoms. The van der Waals surface area contributed by atoms with Gasteiger partial charge in [-0.05, 0) is 48.9 Å². The van der Waals surface area contributed by atoms with Gasteiger partial charge < -0.3 is 9.84 Å². The largest absolute Gasteiger partial charge is 0.504 e. The maximum Gasteiger partial charge on any atom is 0.174 e. The van der Waals surface area contributed by atoms with E-state index in [1.165, 1.54) is 11.1 Å². The number of rotatable bonds is 2. The van der Waals surface area contributed by atoms with E-state index in [1.54, 1.807) is 6.07 Å². The first kappa shape index (κ1) is 15.7. The second-order valence-corrected chi connectivity index (χ2v) is 8.58. The highest BCUT2D eigenvalue weighted by molar-refractivity contribution is 5.89. The van der Waals surface area contributed by atoms with Gasteiger partial charge >= 0.3 is 0 Å². The molecule has 0 amide bonds. The zero-order valence-corrected chi connectivity index (χ0v) is 15.2. The predicted octanol–water partition coefficient (Wildman–Crippen LogP) is 3.20. The summed E-state index contributed by atoms with van der Waals surface area (Å²) in [5.41, 5.74) is 3.53. The molecule has 1 saturated carbocycles. The van der Waals surface area contributed by atoms with E-state index < -0.39 is 6.10 Å². The number of ketones is 1. The van der Waals surface area contributed by atoms with Crippen molar-refractivity contribution in [1.29, 1.82) is 0 Å². The fraction of sp³-hybridized carbons (Fsp3) is 0.435. The van der Waals surface area contributed by atoms with Gasteiger partial charge in [0.05, 0.1) is 0 Å². The van der Waals surface area contributed by atoms with Crippen LogP contribution in [0.5, 0.6) is 11.5 Å². The lowest BCUT2D eigenvalue weighted by molar-refractivity contribution is -0.139.